The molecule has 3 heteroatoms. The Bertz CT molecular complexity index is 3670. The van der Waals surface area contributed by atoms with Crippen molar-refractivity contribution in [3.8, 4) is 33.4 Å². The zero-order valence-corrected chi connectivity index (χ0v) is 35.6. The molecule has 1 aliphatic rings. The van der Waals surface area contributed by atoms with Gasteiger partial charge in [-0.15, -0.1) is 11.3 Å². The number of fused-ring (bicyclic) bond motifs is 9. The number of benzene rings is 10. The minimum Gasteiger partial charge on any atom is -0.456 e. The largest absolute Gasteiger partial charge is 0.456 e. The van der Waals surface area contributed by atoms with Crippen LogP contribution in [-0.2, 0) is 5.41 Å². The van der Waals surface area contributed by atoms with Gasteiger partial charge in [0.15, 0.2) is 0 Å². The average molecular weight is 834 g/mol. The molecule has 0 spiro atoms. The molecule has 2 heterocycles. The van der Waals surface area contributed by atoms with Crippen LogP contribution in [0.2, 0.25) is 0 Å². The van der Waals surface area contributed by atoms with Gasteiger partial charge in [-0.3, -0.25) is 0 Å². The van der Waals surface area contributed by atoms with Crippen molar-refractivity contribution in [3.63, 3.8) is 0 Å². The monoisotopic (exact) mass is 833 g/mol. The zero-order chi connectivity index (χ0) is 42.2. The summed E-state index contributed by atoms with van der Waals surface area (Å²) in [4.78, 5) is 2.41. The lowest BCUT2D eigenvalue weighted by atomic mass is 9.68. The highest BCUT2D eigenvalue weighted by Gasteiger charge is 2.46. The summed E-state index contributed by atoms with van der Waals surface area (Å²) in [5.74, 6) is 0. The van der Waals surface area contributed by atoms with Gasteiger partial charge in [-0.1, -0.05) is 182 Å². The van der Waals surface area contributed by atoms with Crippen LogP contribution in [0.25, 0.3) is 75.5 Å². The maximum Gasteiger partial charge on any atom is 0.136 e. The Morgan fingerprint density at radius 2 is 0.891 bits per heavy atom. The van der Waals surface area contributed by atoms with Crippen molar-refractivity contribution >= 4 is 70.5 Å². The predicted octanol–water partition coefficient (Wildman–Crippen LogP) is 17.1. The van der Waals surface area contributed by atoms with Crippen LogP contribution in [0.15, 0.2) is 241 Å². The second kappa shape index (κ2) is 14.6. The number of furan rings is 1. The molecule has 0 aliphatic heterocycles. The first kappa shape index (κ1) is 36.7. The van der Waals surface area contributed by atoms with Crippen molar-refractivity contribution in [2.45, 2.75) is 5.41 Å². The van der Waals surface area contributed by atoms with Gasteiger partial charge in [-0.25, -0.2) is 0 Å². The number of anilines is 3. The molecule has 1 aliphatic carbocycles. The molecule has 2 nitrogen and oxygen atoms in total. The van der Waals surface area contributed by atoms with Gasteiger partial charge >= 0.3 is 0 Å². The van der Waals surface area contributed by atoms with Crippen LogP contribution < -0.4 is 4.90 Å². The summed E-state index contributed by atoms with van der Waals surface area (Å²) in [6.07, 6.45) is 0. The van der Waals surface area contributed by atoms with Gasteiger partial charge in [0.1, 0.15) is 11.2 Å². The molecule has 0 saturated carbocycles. The van der Waals surface area contributed by atoms with Crippen LogP contribution in [0.1, 0.15) is 22.3 Å². The molecule has 0 atom stereocenters. The Balaban J connectivity index is 0.984. The molecule has 0 amide bonds. The van der Waals surface area contributed by atoms with E-state index in [9.17, 15) is 0 Å². The second-order valence-electron chi connectivity index (χ2n) is 16.7. The van der Waals surface area contributed by atoms with E-state index in [1.165, 1.54) is 64.7 Å². The molecule has 0 unspecified atom stereocenters. The van der Waals surface area contributed by atoms with Crippen molar-refractivity contribution in [2.75, 3.05) is 4.90 Å². The molecule has 0 bridgehead atoms. The molecular formula is C61H39NOS. The van der Waals surface area contributed by atoms with E-state index in [-0.39, 0.29) is 0 Å². The fourth-order valence-corrected chi connectivity index (χ4v) is 11.8. The maximum absolute atomic E-state index is 6.30. The average Bonchev–Trinajstić information content (AvgIpc) is 4.04. The van der Waals surface area contributed by atoms with Crippen LogP contribution in [0.5, 0.6) is 0 Å². The lowest BCUT2D eigenvalue weighted by molar-refractivity contribution is 0.669. The standard InChI is InChI=1S/C61H39NOS/c1-3-15-42(16-4-1)61(43-17-5-2-6-18-43)54-25-10-7-19-49(54)53-39-46(37-38-55(53)61)62(44-33-29-40(30-34-44)47-22-14-27-57-59(47)52-21-8-11-26-56(52)63-57)45-35-31-41(32-36-45)48-23-13-24-51-50-20-9-12-28-58(50)64-60(48)51/h1-39H. The smallest absolute Gasteiger partial charge is 0.136 e. The van der Waals surface area contributed by atoms with E-state index in [4.69, 9.17) is 4.42 Å². The van der Waals surface area contributed by atoms with Crippen molar-refractivity contribution < 1.29 is 4.42 Å². The maximum atomic E-state index is 6.30. The number of hydrogen-bond donors (Lipinski definition) is 0. The van der Waals surface area contributed by atoms with Gasteiger partial charge < -0.3 is 9.32 Å². The van der Waals surface area contributed by atoms with E-state index in [1.54, 1.807) is 0 Å². The topological polar surface area (TPSA) is 16.4 Å². The quantitative estimate of drug-likeness (QED) is 0.159. The fourth-order valence-electron chi connectivity index (χ4n) is 10.6. The highest BCUT2D eigenvalue weighted by molar-refractivity contribution is 7.26. The molecule has 0 radical (unpaired) electrons. The van der Waals surface area contributed by atoms with Gasteiger partial charge in [-0.2, -0.15) is 0 Å². The molecule has 2 aromatic heterocycles. The molecule has 13 rings (SSSR count). The molecule has 0 saturated heterocycles. The molecule has 12 aromatic rings. The lowest BCUT2D eigenvalue weighted by Gasteiger charge is -2.34. The van der Waals surface area contributed by atoms with E-state index in [0.29, 0.717) is 0 Å². The zero-order valence-electron chi connectivity index (χ0n) is 34.8. The third-order valence-corrected chi connectivity index (χ3v) is 14.6. The van der Waals surface area contributed by atoms with Crippen LogP contribution in [-0.4, -0.2) is 0 Å². The van der Waals surface area contributed by atoms with Crippen LogP contribution >= 0.6 is 11.3 Å². The number of rotatable bonds is 7. The SMILES string of the molecule is c1ccc(C2(c3ccccc3)c3ccccc3-c3cc(N(c4ccc(-c5cccc6c5sc5ccccc56)cc4)c4ccc(-c5cccc6oc7ccccc7c56)cc4)ccc32)cc1. The molecule has 300 valence electrons. The number of thiophene rings is 1. The van der Waals surface area contributed by atoms with Gasteiger partial charge in [0.05, 0.1) is 5.41 Å². The van der Waals surface area contributed by atoms with E-state index in [1.807, 2.05) is 23.5 Å². The highest BCUT2D eigenvalue weighted by Crippen LogP contribution is 2.57. The van der Waals surface area contributed by atoms with Gasteiger partial charge in [0, 0.05) is 48.0 Å². The molecule has 64 heavy (non-hydrogen) atoms. The minimum absolute atomic E-state index is 0.465. The highest BCUT2D eigenvalue weighted by atomic mass is 32.1. The van der Waals surface area contributed by atoms with Gasteiger partial charge in [-0.05, 0) is 110 Å². The first-order valence-electron chi connectivity index (χ1n) is 21.9. The fraction of sp³-hybridized carbons (Fsp3) is 0.0164. The van der Waals surface area contributed by atoms with E-state index >= 15 is 0 Å². The molecule has 0 N–H and O–H groups in total. The summed E-state index contributed by atoms with van der Waals surface area (Å²) in [5.41, 5.74) is 17.0. The van der Waals surface area contributed by atoms with Crippen molar-refractivity contribution in [1.82, 2.24) is 0 Å². The molecule has 0 fully saturated rings. The van der Waals surface area contributed by atoms with Crippen molar-refractivity contribution in [3.05, 3.63) is 259 Å². The summed E-state index contributed by atoms with van der Waals surface area (Å²) < 4.78 is 8.93. The molecule has 10 aromatic carbocycles. The van der Waals surface area contributed by atoms with Crippen LogP contribution in [0.4, 0.5) is 17.1 Å². The third-order valence-electron chi connectivity index (χ3n) is 13.4. The van der Waals surface area contributed by atoms with Gasteiger partial charge in [0.2, 0.25) is 0 Å². The van der Waals surface area contributed by atoms with Crippen LogP contribution in [0.3, 0.4) is 0 Å². The summed E-state index contributed by atoms with van der Waals surface area (Å²) in [6.45, 7) is 0. The number of hydrogen-bond acceptors (Lipinski definition) is 3. The van der Waals surface area contributed by atoms with E-state index in [0.717, 1.165) is 50.1 Å². The van der Waals surface area contributed by atoms with Crippen molar-refractivity contribution in [1.29, 1.82) is 0 Å². The first-order chi connectivity index (χ1) is 31.7. The number of para-hydroxylation sites is 1. The summed E-state index contributed by atoms with van der Waals surface area (Å²) in [5, 5.41) is 4.90. The Hall–Kier alpha value is -7.98. The summed E-state index contributed by atoms with van der Waals surface area (Å²) in [6, 6.07) is 86.5. The Morgan fingerprint density at radius 1 is 0.359 bits per heavy atom. The summed E-state index contributed by atoms with van der Waals surface area (Å²) >= 11 is 1.87. The normalized spacial score (nSPS) is 12.8. The minimum atomic E-state index is -0.465. The Morgan fingerprint density at radius 3 is 1.64 bits per heavy atom. The Kier molecular flexibility index (Phi) is 8.34. The summed E-state index contributed by atoms with van der Waals surface area (Å²) in [7, 11) is 0. The Labute approximate surface area is 375 Å². The van der Waals surface area contributed by atoms with E-state index in [2.05, 4.69) is 229 Å². The lowest BCUT2D eigenvalue weighted by Crippen LogP contribution is -2.28. The number of nitrogens with zero attached hydrogens (tertiary/aromatic N) is 1. The van der Waals surface area contributed by atoms with E-state index < -0.39 is 5.41 Å². The van der Waals surface area contributed by atoms with Crippen molar-refractivity contribution in [2.24, 2.45) is 0 Å². The predicted molar refractivity (Wildman–Crippen MR) is 269 cm³/mol. The van der Waals surface area contributed by atoms with Gasteiger partial charge in [0.25, 0.3) is 0 Å². The molecular weight excluding hydrogens is 795 g/mol. The second-order valence-corrected chi connectivity index (χ2v) is 17.8. The van der Waals surface area contributed by atoms with Crippen LogP contribution in [0, 0.1) is 0 Å². The third kappa shape index (κ3) is 5.51. The first-order valence-corrected chi connectivity index (χ1v) is 22.7.